The topological polar surface area (TPSA) is 178 Å². The molecule has 0 aliphatic rings. The molecule has 0 unspecified atom stereocenters. The molecular formula is C14H8CuN6O4. The first-order valence-corrected chi connectivity index (χ1v) is 6.22. The molecule has 2 rings (SSSR count). The van der Waals surface area contributed by atoms with Gasteiger partial charge in [0.25, 0.3) is 0 Å². The minimum absolute atomic E-state index is 0. The number of nitrogens with zero attached hydrogens (tertiary/aromatic N) is 6. The molecule has 1 radical (unpaired) electrons. The summed E-state index contributed by atoms with van der Waals surface area (Å²) in [6, 6.07) is 11.7. The third kappa shape index (κ3) is 6.65. The molecule has 25 heavy (non-hydrogen) atoms. The molecule has 0 saturated carbocycles. The van der Waals surface area contributed by atoms with Crippen LogP contribution in [-0.4, -0.2) is 11.9 Å². The van der Waals surface area contributed by atoms with Gasteiger partial charge in [-0.1, -0.05) is 58.8 Å². The fourth-order valence-corrected chi connectivity index (χ4v) is 1.56. The van der Waals surface area contributed by atoms with Crippen molar-refractivity contribution < 1.29 is 36.9 Å². The van der Waals surface area contributed by atoms with Gasteiger partial charge in [-0.3, -0.25) is 0 Å². The number of carboxylic acid groups (broad SMARTS) is 2. The zero-order chi connectivity index (χ0) is 17.9. The SMILES string of the molecule is [Cu+2].[N-]=[N+]=Nc1ccccc1C(=O)[O-].[N-]=[N+]=Nc1ccccc1C(=O)[O-]. The van der Waals surface area contributed by atoms with Crippen LogP contribution in [0, 0.1) is 0 Å². The summed E-state index contributed by atoms with van der Waals surface area (Å²) in [6.45, 7) is 0. The fraction of sp³-hybridized carbons (Fsp3) is 0. The Balaban J connectivity index is 0.000000443. The second-order valence-electron chi connectivity index (χ2n) is 3.99. The predicted molar refractivity (Wildman–Crippen MR) is 79.2 cm³/mol. The van der Waals surface area contributed by atoms with Gasteiger partial charge >= 0.3 is 17.1 Å². The van der Waals surface area contributed by atoms with E-state index in [-0.39, 0.29) is 39.6 Å². The number of rotatable bonds is 4. The maximum Gasteiger partial charge on any atom is 2.00 e. The number of benzene rings is 2. The summed E-state index contributed by atoms with van der Waals surface area (Å²) in [6.07, 6.45) is 0. The zero-order valence-electron chi connectivity index (χ0n) is 12.2. The van der Waals surface area contributed by atoms with E-state index in [1.54, 1.807) is 12.1 Å². The first-order valence-electron chi connectivity index (χ1n) is 6.22. The van der Waals surface area contributed by atoms with Crippen LogP contribution in [-0.2, 0) is 17.1 Å². The van der Waals surface area contributed by atoms with E-state index in [0.29, 0.717) is 0 Å². The van der Waals surface area contributed by atoms with E-state index in [0.717, 1.165) is 0 Å². The standard InChI is InChI=1S/2C7H5N3O2.Cu/c2*8-10-9-6-4-2-1-3-5(6)7(11)12;/h2*1-4H,(H,11,12);/q;;+2/p-2. The summed E-state index contributed by atoms with van der Waals surface area (Å²) < 4.78 is 0. The molecule has 10 nitrogen and oxygen atoms in total. The van der Waals surface area contributed by atoms with E-state index < -0.39 is 11.9 Å². The number of hydrogen-bond acceptors (Lipinski definition) is 6. The van der Waals surface area contributed by atoms with Gasteiger partial charge in [0.2, 0.25) is 0 Å². The molecule has 0 saturated heterocycles. The number of carbonyl (C=O) groups is 2. The maximum absolute atomic E-state index is 10.4. The third-order valence-corrected chi connectivity index (χ3v) is 2.55. The van der Waals surface area contributed by atoms with Gasteiger partial charge in [-0.25, -0.2) is 0 Å². The van der Waals surface area contributed by atoms with Crippen LogP contribution >= 0.6 is 0 Å². The molecular weight excluding hydrogens is 380 g/mol. The van der Waals surface area contributed by atoms with Crippen LogP contribution in [0.5, 0.6) is 0 Å². The monoisotopic (exact) mass is 387 g/mol. The molecule has 0 bridgehead atoms. The third-order valence-electron chi connectivity index (χ3n) is 2.55. The van der Waals surface area contributed by atoms with Crippen molar-refractivity contribution in [2.75, 3.05) is 0 Å². The number of carbonyl (C=O) groups excluding carboxylic acids is 2. The molecule has 2 aromatic carbocycles. The van der Waals surface area contributed by atoms with Crippen LogP contribution in [0.1, 0.15) is 20.7 Å². The molecule has 0 fully saturated rings. The molecule has 0 amide bonds. The zero-order valence-corrected chi connectivity index (χ0v) is 13.2. The van der Waals surface area contributed by atoms with Crippen molar-refractivity contribution in [3.63, 3.8) is 0 Å². The van der Waals surface area contributed by atoms with Crippen molar-refractivity contribution in [3.05, 3.63) is 80.5 Å². The van der Waals surface area contributed by atoms with E-state index in [2.05, 4.69) is 20.1 Å². The first kappa shape index (κ1) is 21.5. The molecule has 2 aromatic rings. The van der Waals surface area contributed by atoms with E-state index in [9.17, 15) is 19.8 Å². The van der Waals surface area contributed by atoms with Crippen molar-refractivity contribution in [2.45, 2.75) is 0 Å². The van der Waals surface area contributed by atoms with Gasteiger partial charge in [0.1, 0.15) is 0 Å². The molecule has 11 heteroatoms. The predicted octanol–water partition coefficient (Wildman–Crippen LogP) is 1.98. The summed E-state index contributed by atoms with van der Waals surface area (Å²) in [5.74, 6) is -2.70. The van der Waals surface area contributed by atoms with Crippen LogP contribution in [0.4, 0.5) is 11.4 Å². The average molecular weight is 388 g/mol. The Labute approximate surface area is 151 Å². The van der Waals surface area contributed by atoms with Crippen molar-refractivity contribution in [1.29, 1.82) is 0 Å². The molecule has 0 aliphatic heterocycles. The molecule has 0 aromatic heterocycles. The Kier molecular flexibility index (Phi) is 9.57. The average Bonchev–Trinajstić information content (AvgIpc) is 2.57. The molecule has 0 atom stereocenters. The summed E-state index contributed by atoms with van der Waals surface area (Å²) in [5, 5.41) is 27.2. The number of aromatic carboxylic acids is 2. The number of carboxylic acids is 2. The van der Waals surface area contributed by atoms with E-state index in [4.69, 9.17) is 11.1 Å². The van der Waals surface area contributed by atoms with Crippen molar-refractivity contribution >= 4 is 23.3 Å². The molecule has 0 spiro atoms. The van der Waals surface area contributed by atoms with Crippen molar-refractivity contribution in [1.82, 2.24) is 0 Å². The second kappa shape index (κ2) is 11.1. The molecule has 0 N–H and O–H groups in total. The molecule has 0 aliphatic carbocycles. The van der Waals surface area contributed by atoms with Gasteiger partial charge in [0.05, 0.1) is 11.9 Å². The van der Waals surface area contributed by atoms with Crippen molar-refractivity contribution in [2.24, 2.45) is 10.2 Å². The van der Waals surface area contributed by atoms with E-state index >= 15 is 0 Å². The van der Waals surface area contributed by atoms with Crippen LogP contribution in [0.25, 0.3) is 20.9 Å². The van der Waals surface area contributed by atoms with Crippen LogP contribution in [0.2, 0.25) is 0 Å². The Morgan fingerprint density at radius 1 is 0.760 bits per heavy atom. The summed E-state index contributed by atoms with van der Waals surface area (Å²) in [5.41, 5.74) is 16.1. The number of azide groups is 2. The van der Waals surface area contributed by atoms with Crippen LogP contribution in [0.15, 0.2) is 58.8 Å². The minimum Gasteiger partial charge on any atom is -0.545 e. The summed E-state index contributed by atoms with van der Waals surface area (Å²) >= 11 is 0. The van der Waals surface area contributed by atoms with Gasteiger partial charge in [-0.2, -0.15) is 0 Å². The van der Waals surface area contributed by atoms with Gasteiger partial charge in [0.15, 0.2) is 0 Å². The largest absolute Gasteiger partial charge is 2.00 e. The quantitative estimate of drug-likeness (QED) is 0.337. The van der Waals surface area contributed by atoms with Gasteiger partial charge in [-0.05, 0) is 11.1 Å². The first-order chi connectivity index (χ1) is 11.5. The smallest absolute Gasteiger partial charge is 0.545 e. The van der Waals surface area contributed by atoms with Gasteiger partial charge in [-0.15, -0.1) is 0 Å². The van der Waals surface area contributed by atoms with Gasteiger partial charge < -0.3 is 19.8 Å². The number of hydrogen-bond donors (Lipinski definition) is 0. The Bertz CT molecular complexity index is 746. The normalized spacial score (nSPS) is 8.32. The Hall–Kier alpha value is -3.48. The van der Waals surface area contributed by atoms with E-state index in [1.807, 2.05) is 0 Å². The Morgan fingerprint density at radius 3 is 1.36 bits per heavy atom. The molecule has 129 valence electrons. The van der Waals surface area contributed by atoms with E-state index in [1.165, 1.54) is 36.4 Å². The molecule has 0 heterocycles. The maximum atomic E-state index is 10.4. The Morgan fingerprint density at radius 2 is 1.08 bits per heavy atom. The van der Waals surface area contributed by atoms with Crippen LogP contribution < -0.4 is 10.2 Å². The second-order valence-corrected chi connectivity index (χ2v) is 3.99. The van der Waals surface area contributed by atoms with Crippen LogP contribution in [0.3, 0.4) is 0 Å². The minimum atomic E-state index is -1.35. The van der Waals surface area contributed by atoms with Gasteiger partial charge in [0, 0.05) is 32.3 Å². The summed E-state index contributed by atoms with van der Waals surface area (Å²) in [4.78, 5) is 25.8. The van der Waals surface area contributed by atoms with Crippen molar-refractivity contribution in [3.8, 4) is 0 Å². The fourth-order valence-electron chi connectivity index (χ4n) is 1.56. The summed E-state index contributed by atoms with van der Waals surface area (Å²) in [7, 11) is 0.